The molecule has 2 rings (SSSR count). The molecule has 98 valence electrons. The van der Waals surface area contributed by atoms with E-state index in [-0.39, 0.29) is 22.7 Å². The van der Waals surface area contributed by atoms with Crippen LogP contribution in [0.4, 0.5) is 0 Å². The summed E-state index contributed by atoms with van der Waals surface area (Å²) in [5, 5.41) is 0.288. The first-order chi connectivity index (χ1) is 8.65. The van der Waals surface area contributed by atoms with Gasteiger partial charge in [0.05, 0.1) is 5.02 Å². The highest BCUT2D eigenvalue weighted by molar-refractivity contribution is 6.33. The molecular formula is C12H17ClN4O. The Kier molecular flexibility index (Phi) is 4.14. The third kappa shape index (κ3) is 2.47. The molecule has 1 saturated heterocycles. The maximum Gasteiger partial charge on any atom is 0.274 e. The lowest BCUT2D eigenvalue weighted by Gasteiger charge is -2.39. The van der Waals surface area contributed by atoms with Gasteiger partial charge >= 0.3 is 0 Å². The molecule has 1 aromatic heterocycles. The van der Waals surface area contributed by atoms with Crippen molar-refractivity contribution in [1.82, 2.24) is 14.9 Å². The summed E-state index contributed by atoms with van der Waals surface area (Å²) in [6.45, 7) is 3.31. The number of likely N-dealkylation sites (tertiary alicyclic amines) is 1. The van der Waals surface area contributed by atoms with Crippen LogP contribution in [0.1, 0.15) is 30.3 Å². The zero-order chi connectivity index (χ0) is 13.1. The van der Waals surface area contributed by atoms with E-state index < -0.39 is 0 Å². The minimum absolute atomic E-state index is 0.0669. The van der Waals surface area contributed by atoms with E-state index in [1.54, 1.807) is 4.90 Å². The number of hydrogen-bond donors (Lipinski definition) is 1. The predicted octanol–water partition coefficient (Wildman–Crippen LogP) is 1.33. The molecule has 0 spiro atoms. The van der Waals surface area contributed by atoms with Crippen LogP contribution in [0.25, 0.3) is 0 Å². The molecular weight excluding hydrogens is 252 g/mol. The number of nitrogens with two attached hydrogens (primary N) is 1. The molecule has 5 nitrogen and oxygen atoms in total. The van der Waals surface area contributed by atoms with Crippen molar-refractivity contribution in [3.63, 3.8) is 0 Å². The van der Waals surface area contributed by atoms with Crippen LogP contribution in [0.2, 0.25) is 5.02 Å². The number of hydrogen-bond acceptors (Lipinski definition) is 4. The van der Waals surface area contributed by atoms with Crippen molar-refractivity contribution in [3.8, 4) is 0 Å². The van der Waals surface area contributed by atoms with Gasteiger partial charge in [-0.3, -0.25) is 4.79 Å². The number of rotatable bonds is 2. The van der Waals surface area contributed by atoms with Crippen LogP contribution in [0, 0.1) is 5.92 Å². The topological polar surface area (TPSA) is 72.1 Å². The summed E-state index contributed by atoms with van der Waals surface area (Å²) in [4.78, 5) is 22.0. The Labute approximate surface area is 111 Å². The lowest BCUT2D eigenvalue weighted by atomic mass is 9.90. The van der Waals surface area contributed by atoms with E-state index in [9.17, 15) is 4.79 Å². The highest BCUT2D eigenvalue weighted by Gasteiger charge is 2.32. The summed E-state index contributed by atoms with van der Waals surface area (Å²) in [5.74, 6) is 0.262. The first-order valence-corrected chi connectivity index (χ1v) is 6.49. The molecule has 2 heterocycles. The average Bonchev–Trinajstić information content (AvgIpc) is 2.38. The van der Waals surface area contributed by atoms with Gasteiger partial charge in [0.2, 0.25) is 0 Å². The molecule has 0 aliphatic carbocycles. The summed E-state index contributed by atoms with van der Waals surface area (Å²) in [6.07, 6.45) is 4.87. The molecule has 1 aliphatic heterocycles. The van der Waals surface area contributed by atoms with E-state index in [4.69, 9.17) is 17.3 Å². The fourth-order valence-corrected chi connectivity index (χ4v) is 2.65. The van der Waals surface area contributed by atoms with Gasteiger partial charge in [0.15, 0.2) is 0 Å². The van der Waals surface area contributed by atoms with Crippen molar-refractivity contribution in [3.05, 3.63) is 23.2 Å². The third-order valence-electron chi connectivity index (χ3n) is 3.49. The molecule has 1 fully saturated rings. The summed E-state index contributed by atoms with van der Waals surface area (Å²) in [6, 6.07) is 0.0669. The number of nitrogens with zero attached hydrogens (tertiary/aromatic N) is 3. The van der Waals surface area contributed by atoms with Crippen molar-refractivity contribution in [2.75, 3.05) is 13.1 Å². The second-order valence-corrected chi connectivity index (χ2v) is 5.05. The minimum atomic E-state index is -0.149. The van der Waals surface area contributed by atoms with Gasteiger partial charge in [-0.2, -0.15) is 0 Å². The van der Waals surface area contributed by atoms with Gasteiger partial charge in [0.1, 0.15) is 12.0 Å². The highest BCUT2D eigenvalue weighted by atomic mass is 35.5. The fourth-order valence-electron chi connectivity index (χ4n) is 2.47. The fraction of sp³-hybridized carbons (Fsp3) is 0.583. The van der Waals surface area contributed by atoms with Gasteiger partial charge in [-0.05, 0) is 18.8 Å². The molecule has 2 N–H and O–H groups in total. The van der Waals surface area contributed by atoms with Crippen LogP contribution in [0.3, 0.4) is 0 Å². The van der Waals surface area contributed by atoms with Gasteiger partial charge < -0.3 is 10.6 Å². The predicted molar refractivity (Wildman–Crippen MR) is 69.3 cm³/mol. The zero-order valence-electron chi connectivity index (χ0n) is 10.3. The van der Waals surface area contributed by atoms with Crippen LogP contribution in [0.15, 0.2) is 12.5 Å². The molecule has 2 atom stereocenters. The Morgan fingerprint density at radius 1 is 1.67 bits per heavy atom. The number of halogens is 1. The summed E-state index contributed by atoms with van der Waals surface area (Å²) in [7, 11) is 0. The van der Waals surface area contributed by atoms with Gasteiger partial charge in [0, 0.05) is 25.3 Å². The molecule has 0 aromatic carbocycles. The molecule has 0 bridgehead atoms. The van der Waals surface area contributed by atoms with Crippen LogP contribution in [0.5, 0.6) is 0 Å². The van der Waals surface area contributed by atoms with Crippen molar-refractivity contribution in [1.29, 1.82) is 0 Å². The number of piperidine rings is 1. The van der Waals surface area contributed by atoms with E-state index in [1.165, 1.54) is 12.5 Å². The SMILES string of the molecule is C[C@@H]1CCCN(C(=O)c2ncncc2Cl)[C@@H]1CN. The molecule has 1 aliphatic rings. The van der Waals surface area contributed by atoms with Crippen LogP contribution in [-0.2, 0) is 0 Å². The summed E-state index contributed by atoms with van der Waals surface area (Å²) < 4.78 is 0. The Morgan fingerprint density at radius 2 is 2.44 bits per heavy atom. The number of carbonyl (C=O) groups is 1. The first kappa shape index (κ1) is 13.2. The quantitative estimate of drug-likeness (QED) is 0.878. The monoisotopic (exact) mass is 268 g/mol. The third-order valence-corrected chi connectivity index (χ3v) is 3.76. The van der Waals surface area contributed by atoms with Gasteiger partial charge in [0.25, 0.3) is 5.91 Å². The van der Waals surface area contributed by atoms with Gasteiger partial charge in [-0.1, -0.05) is 18.5 Å². The maximum atomic E-state index is 12.4. The Hall–Kier alpha value is -1.20. The lowest BCUT2D eigenvalue weighted by molar-refractivity contribution is 0.0526. The second kappa shape index (κ2) is 5.63. The van der Waals surface area contributed by atoms with Crippen molar-refractivity contribution >= 4 is 17.5 Å². The van der Waals surface area contributed by atoms with E-state index in [0.29, 0.717) is 19.0 Å². The maximum absolute atomic E-state index is 12.4. The van der Waals surface area contributed by atoms with Crippen LogP contribution in [-0.4, -0.2) is 39.9 Å². The summed E-state index contributed by atoms with van der Waals surface area (Å²) >= 11 is 5.96. The lowest BCUT2D eigenvalue weighted by Crippen LogP contribution is -2.51. The first-order valence-electron chi connectivity index (χ1n) is 6.11. The van der Waals surface area contributed by atoms with E-state index in [1.807, 2.05) is 0 Å². The van der Waals surface area contributed by atoms with E-state index >= 15 is 0 Å². The van der Waals surface area contributed by atoms with Gasteiger partial charge in [-0.15, -0.1) is 0 Å². The second-order valence-electron chi connectivity index (χ2n) is 4.64. The Balaban J connectivity index is 2.25. The normalized spacial score (nSPS) is 24.1. The van der Waals surface area contributed by atoms with Crippen molar-refractivity contribution in [2.45, 2.75) is 25.8 Å². The Bertz CT molecular complexity index is 440. The Morgan fingerprint density at radius 3 is 3.11 bits per heavy atom. The number of amides is 1. The molecule has 6 heteroatoms. The van der Waals surface area contributed by atoms with Crippen molar-refractivity contribution < 1.29 is 4.79 Å². The summed E-state index contributed by atoms with van der Waals surface area (Å²) in [5.41, 5.74) is 6.04. The van der Waals surface area contributed by atoms with Crippen LogP contribution >= 0.6 is 11.6 Å². The molecule has 1 aromatic rings. The standard InChI is InChI=1S/C12H17ClN4O/c1-8-3-2-4-17(10(8)5-14)12(18)11-9(13)6-15-7-16-11/h6-8,10H,2-5,14H2,1H3/t8-,10-/m1/s1. The molecule has 1 amide bonds. The number of aromatic nitrogens is 2. The highest BCUT2D eigenvalue weighted by Crippen LogP contribution is 2.25. The van der Waals surface area contributed by atoms with Crippen LogP contribution < -0.4 is 5.73 Å². The van der Waals surface area contributed by atoms with Gasteiger partial charge in [-0.25, -0.2) is 9.97 Å². The number of carbonyl (C=O) groups excluding carboxylic acids is 1. The smallest absolute Gasteiger partial charge is 0.274 e. The largest absolute Gasteiger partial charge is 0.333 e. The molecule has 0 saturated carbocycles. The van der Waals surface area contributed by atoms with Crippen molar-refractivity contribution in [2.24, 2.45) is 11.7 Å². The molecule has 0 unspecified atom stereocenters. The van der Waals surface area contributed by atoms with E-state index in [2.05, 4.69) is 16.9 Å². The van der Waals surface area contributed by atoms with E-state index in [0.717, 1.165) is 12.8 Å². The molecule has 0 radical (unpaired) electrons. The molecule has 18 heavy (non-hydrogen) atoms. The minimum Gasteiger partial charge on any atom is -0.333 e. The average molecular weight is 269 g/mol. The zero-order valence-corrected chi connectivity index (χ0v) is 11.1.